The molecule has 1 spiro atoms. The lowest BCUT2D eigenvalue weighted by Crippen LogP contribution is -2.47. The minimum Gasteiger partial charge on any atom is -0.491 e. The van der Waals surface area contributed by atoms with E-state index in [0.717, 1.165) is 23.2 Å². The summed E-state index contributed by atoms with van der Waals surface area (Å²) in [4.78, 5) is 2.38. The highest BCUT2D eigenvalue weighted by Gasteiger charge is 2.44. The average Bonchev–Trinajstić information content (AvgIpc) is 3.45. The number of anilines is 1. The molecule has 244 valence electrons. The van der Waals surface area contributed by atoms with Gasteiger partial charge in [-0.2, -0.15) is 4.31 Å². The maximum atomic E-state index is 13.6. The van der Waals surface area contributed by atoms with Gasteiger partial charge in [-0.05, 0) is 73.8 Å². The number of nitrogens with zero attached hydrogens (tertiary/aromatic N) is 2. The highest BCUT2D eigenvalue weighted by Crippen LogP contribution is 2.38. The second kappa shape index (κ2) is 13.8. The first kappa shape index (κ1) is 33.3. The van der Waals surface area contributed by atoms with E-state index in [1.807, 2.05) is 49.3 Å². The van der Waals surface area contributed by atoms with Crippen LogP contribution in [-0.4, -0.2) is 98.0 Å². The molecule has 0 saturated carbocycles. The van der Waals surface area contributed by atoms with E-state index >= 15 is 0 Å². The molecule has 2 saturated heterocycles. The molecular weight excluding hydrogens is 617 g/mol. The van der Waals surface area contributed by atoms with Crippen molar-refractivity contribution >= 4 is 25.7 Å². The molecule has 2 aliphatic rings. The van der Waals surface area contributed by atoms with Gasteiger partial charge in [-0.25, -0.2) is 21.6 Å². The summed E-state index contributed by atoms with van der Waals surface area (Å²) >= 11 is 0. The fourth-order valence-electron chi connectivity index (χ4n) is 5.81. The monoisotopic (exact) mass is 658 g/mol. The Morgan fingerprint density at radius 1 is 0.978 bits per heavy atom. The number of aliphatic hydroxyl groups is 1. The fourth-order valence-corrected chi connectivity index (χ4v) is 8.06. The first-order chi connectivity index (χ1) is 21.4. The molecule has 3 aromatic carbocycles. The van der Waals surface area contributed by atoms with Crippen LogP contribution in [0.25, 0.3) is 11.1 Å². The van der Waals surface area contributed by atoms with E-state index in [0.29, 0.717) is 38.3 Å². The van der Waals surface area contributed by atoms with Crippen LogP contribution in [-0.2, 0) is 24.8 Å². The van der Waals surface area contributed by atoms with Crippen LogP contribution in [0.1, 0.15) is 19.3 Å². The summed E-state index contributed by atoms with van der Waals surface area (Å²) in [6, 6.07) is 21.2. The molecule has 2 unspecified atom stereocenters. The first-order valence-electron chi connectivity index (χ1n) is 15.0. The maximum Gasteiger partial charge on any atom is 0.243 e. The molecule has 0 radical (unpaired) electrons. The molecule has 2 atom stereocenters. The Balaban J connectivity index is 1.11. The van der Waals surface area contributed by atoms with Crippen molar-refractivity contribution in [2.75, 3.05) is 58.9 Å². The summed E-state index contributed by atoms with van der Waals surface area (Å²) in [7, 11) is -1.98. The summed E-state index contributed by atoms with van der Waals surface area (Å²) < 4.78 is 67.0. The third-order valence-electron chi connectivity index (χ3n) is 8.48. The molecular formula is C32H42N4O7S2. The fraction of sp³-hybridized carbons (Fsp3) is 0.438. The van der Waals surface area contributed by atoms with Gasteiger partial charge < -0.3 is 24.8 Å². The van der Waals surface area contributed by atoms with E-state index in [-0.39, 0.29) is 29.0 Å². The molecule has 2 fully saturated rings. The molecule has 3 N–H and O–H groups in total. The zero-order valence-corrected chi connectivity index (χ0v) is 27.5. The van der Waals surface area contributed by atoms with Gasteiger partial charge in [0.2, 0.25) is 20.0 Å². The van der Waals surface area contributed by atoms with Gasteiger partial charge in [0.25, 0.3) is 0 Å². The highest BCUT2D eigenvalue weighted by molar-refractivity contribution is 7.89. The largest absolute Gasteiger partial charge is 0.491 e. The number of hydrogen-bond acceptors (Lipinski definition) is 9. The van der Waals surface area contributed by atoms with Crippen molar-refractivity contribution in [3.63, 3.8) is 0 Å². The number of piperidine rings is 1. The second-order valence-electron chi connectivity index (χ2n) is 11.8. The Morgan fingerprint density at radius 2 is 1.64 bits per heavy atom. The first-order valence-corrected chi connectivity index (χ1v) is 17.9. The van der Waals surface area contributed by atoms with Crippen molar-refractivity contribution in [2.45, 2.75) is 46.8 Å². The molecule has 45 heavy (non-hydrogen) atoms. The standard InChI is InChI=1S/C32H42N4O7S2/c1-33-44(38,39)30-11-6-10-29(19-30)42-23-28(37)21-34-26-20-32(43-22-26)13-15-36(16-14-32)45(40,41)31-12-5-8-25(18-31)24-7-4-9-27(17-24)35(2)3/h4-12,17-19,26,28,33-34,37H,13-16,20-23H2,1-3H3. The third kappa shape index (κ3) is 7.86. The minimum absolute atomic E-state index is 0.0100. The predicted octanol–water partition coefficient (Wildman–Crippen LogP) is 2.67. The number of sulfonamides is 2. The van der Waals surface area contributed by atoms with Crippen molar-refractivity contribution in [2.24, 2.45) is 0 Å². The average molecular weight is 659 g/mol. The van der Waals surface area contributed by atoms with Gasteiger partial charge in [0.15, 0.2) is 0 Å². The van der Waals surface area contributed by atoms with Gasteiger partial charge in [0.1, 0.15) is 18.5 Å². The van der Waals surface area contributed by atoms with Gasteiger partial charge in [0, 0.05) is 51.5 Å². The quantitative estimate of drug-likeness (QED) is 0.268. The summed E-state index contributed by atoms with van der Waals surface area (Å²) in [5, 5.41) is 13.8. The van der Waals surface area contributed by atoms with Gasteiger partial charge in [-0.1, -0.05) is 30.3 Å². The smallest absolute Gasteiger partial charge is 0.243 e. The number of nitrogens with one attached hydrogen (secondary N) is 2. The molecule has 11 nitrogen and oxygen atoms in total. The number of benzene rings is 3. The lowest BCUT2D eigenvalue weighted by Gasteiger charge is -2.38. The highest BCUT2D eigenvalue weighted by atomic mass is 32.2. The van der Waals surface area contributed by atoms with E-state index in [1.54, 1.807) is 34.6 Å². The predicted molar refractivity (Wildman–Crippen MR) is 173 cm³/mol. The topological polar surface area (TPSA) is 138 Å². The van der Waals surface area contributed by atoms with Gasteiger partial charge in [-0.15, -0.1) is 0 Å². The number of hydrogen-bond donors (Lipinski definition) is 3. The van der Waals surface area contributed by atoms with E-state index in [9.17, 15) is 21.9 Å². The maximum absolute atomic E-state index is 13.6. The van der Waals surface area contributed by atoms with Crippen molar-refractivity contribution < 1.29 is 31.4 Å². The van der Waals surface area contributed by atoms with E-state index < -0.39 is 31.8 Å². The van der Waals surface area contributed by atoms with Crippen LogP contribution in [0.2, 0.25) is 0 Å². The van der Waals surface area contributed by atoms with Crippen molar-refractivity contribution in [3.05, 3.63) is 72.8 Å². The molecule has 2 heterocycles. The van der Waals surface area contributed by atoms with E-state index in [1.165, 1.54) is 19.2 Å². The molecule has 0 aliphatic carbocycles. The summed E-state index contributed by atoms with van der Waals surface area (Å²) in [5.41, 5.74) is 2.45. The van der Waals surface area contributed by atoms with Gasteiger partial charge in [-0.3, -0.25) is 0 Å². The van der Waals surface area contributed by atoms with Crippen LogP contribution in [0.15, 0.2) is 82.6 Å². The van der Waals surface area contributed by atoms with Crippen LogP contribution >= 0.6 is 0 Å². The Hall–Kier alpha value is -3.04. The molecule has 5 rings (SSSR count). The molecule has 0 aromatic heterocycles. The molecule has 13 heteroatoms. The second-order valence-corrected chi connectivity index (χ2v) is 15.7. The van der Waals surface area contributed by atoms with E-state index in [4.69, 9.17) is 9.47 Å². The SMILES string of the molecule is CNS(=O)(=O)c1cccc(OCC(O)CNC2COC3(CCN(S(=O)(=O)c4cccc(-c5cccc(N(C)C)c5)c4)CC3)C2)c1. The lowest BCUT2D eigenvalue weighted by atomic mass is 9.88. The summed E-state index contributed by atoms with van der Waals surface area (Å²) in [6.45, 7) is 1.47. The summed E-state index contributed by atoms with van der Waals surface area (Å²) in [5.74, 6) is 0.348. The van der Waals surface area contributed by atoms with Gasteiger partial charge in [0.05, 0.1) is 22.0 Å². The Labute approximate surface area is 266 Å². The van der Waals surface area contributed by atoms with Crippen molar-refractivity contribution in [3.8, 4) is 16.9 Å². The normalized spacial score (nSPS) is 19.4. The van der Waals surface area contributed by atoms with Crippen LogP contribution in [0, 0.1) is 0 Å². The Kier molecular flexibility index (Phi) is 10.2. The lowest BCUT2D eigenvalue weighted by molar-refractivity contribution is -0.0312. The molecule has 0 amide bonds. The Bertz CT molecular complexity index is 1690. The van der Waals surface area contributed by atoms with Crippen LogP contribution in [0.3, 0.4) is 0 Å². The zero-order valence-electron chi connectivity index (χ0n) is 25.8. The minimum atomic E-state index is -3.67. The number of ether oxygens (including phenoxy) is 2. The van der Waals surface area contributed by atoms with E-state index in [2.05, 4.69) is 10.0 Å². The van der Waals surface area contributed by atoms with Crippen LogP contribution in [0.5, 0.6) is 5.75 Å². The molecule has 0 bridgehead atoms. The van der Waals surface area contributed by atoms with Crippen molar-refractivity contribution in [1.29, 1.82) is 0 Å². The van der Waals surface area contributed by atoms with Gasteiger partial charge >= 0.3 is 0 Å². The summed E-state index contributed by atoms with van der Waals surface area (Å²) in [6.07, 6.45) is 1.08. The number of aliphatic hydroxyl groups excluding tert-OH is 1. The third-order valence-corrected chi connectivity index (χ3v) is 11.8. The molecule has 3 aromatic rings. The van der Waals surface area contributed by atoms with Crippen LogP contribution < -0.4 is 19.7 Å². The zero-order chi connectivity index (χ0) is 32.2. The molecule has 2 aliphatic heterocycles. The van der Waals surface area contributed by atoms with Crippen LogP contribution in [0.4, 0.5) is 5.69 Å². The van der Waals surface area contributed by atoms with Crippen molar-refractivity contribution in [1.82, 2.24) is 14.3 Å². The Morgan fingerprint density at radius 3 is 2.36 bits per heavy atom. The number of rotatable bonds is 12.